The molecular weight excluding hydrogens is 379 g/mol. The summed E-state index contributed by atoms with van der Waals surface area (Å²) in [4.78, 5) is 24.8. The number of hydrazine groups is 1. The monoisotopic (exact) mass is 400 g/mol. The van der Waals surface area contributed by atoms with Gasteiger partial charge in [0.25, 0.3) is 5.91 Å². The number of nitrogens with one attached hydrogen (secondary N) is 2. The molecule has 2 amide bonds. The quantitative estimate of drug-likeness (QED) is 0.594. The standard InChI is InChI=1S/C21H21FN2O5/c1-3-27-12-15-14-8-4-6-10-17(14)29-19(15)21(26)24-23-20(25)13(2)28-18-11-7-5-9-16(18)22/h4-11,13H,3,12H2,1-2H3,(H,23,25)(H,24,26)/t13-/m1/s1. The van der Waals surface area contributed by atoms with E-state index in [1.807, 2.05) is 19.1 Å². The summed E-state index contributed by atoms with van der Waals surface area (Å²) in [7, 11) is 0. The van der Waals surface area contributed by atoms with Crippen LogP contribution in [0, 0.1) is 5.82 Å². The molecule has 0 spiro atoms. The van der Waals surface area contributed by atoms with E-state index in [-0.39, 0.29) is 18.1 Å². The summed E-state index contributed by atoms with van der Waals surface area (Å²) in [6.45, 7) is 3.95. The van der Waals surface area contributed by atoms with Gasteiger partial charge in [0.2, 0.25) is 0 Å². The largest absolute Gasteiger partial charge is 0.478 e. The number of hydrogen-bond acceptors (Lipinski definition) is 5. The van der Waals surface area contributed by atoms with E-state index in [1.54, 1.807) is 18.2 Å². The van der Waals surface area contributed by atoms with Gasteiger partial charge in [0.15, 0.2) is 23.4 Å². The second kappa shape index (κ2) is 9.20. The molecule has 0 aliphatic carbocycles. The van der Waals surface area contributed by atoms with Gasteiger partial charge in [-0.3, -0.25) is 20.4 Å². The van der Waals surface area contributed by atoms with Crippen molar-refractivity contribution in [3.8, 4) is 5.75 Å². The highest BCUT2D eigenvalue weighted by Gasteiger charge is 2.22. The Bertz CT molecular complexity index is 1020. The molecule has 3 rings (SSSR count). The highest BCUT2D eigenvalue weighted by Crippen LogP contribution is 2.26. The van der Waals surface area contributed by atoms with Crippen molar-refractivity contribution in [2.75, 3.05) is 6.61 Å². The Morgan fingerprint density at radius 2 is 1.83 bits per heavy atom. The zero-order valence-corrected chi connectivity index (χ0v) is 16.0. The number of benzene rings is 2. The van der Waals surface area contributed by atoms with Gasteiger partial charge in [0.1, 0.15) is 5.58 Å². The van der Waals surface area contributed by atoms with Gasteiger partial charge in [-0.2, -0.15) is 0 Å². The fraction of sp³-hybridized carbons (Fsp3) is 0.238. The van der Waals surface area contributed by atoms with E-state index in [4.69, 9.17) is 13.9 Å². The van der Waals surface area contributed by atoms with E-state index in [0.29, 0.717) is 17.8 Å². The summed E-state index contributed by atoms with van der Waals surface area (Å²) in [6, 6.07) is 12.9. The molecule has 1 heterocycles. The Hall–Kier alpha value is -3.39. The van der Waals surface area contributed by atoms with Crippen molar-refractivity contribution in [1.29, 1.82) is 0 Å². The minimum atomic E-state index is -1.04. The third-order valence-corrected chi connectivity index (χ3v) is 4.16. The number of furan rings is 1. The third-order valence-electron chi connectivity index (χ3n) is 4.16. The molecule has 0 fully saturated rings. The SMILES string of the molecule is CCOCc1c(C(=O)NNC(=O)[C@@H](C)Oc2ccccc2F)oc2ccccc12. The number of hydrogen-bond donors (Lipinski definition) is 2. The molecule has 8 heteroatoms. The maximum Gasteiger partial charge on any atom is 0.305 e. The zero-order chi connectivity index (χ0) is 20.8. The summed E-state index contributed by atoms with van der Waals surface area (Å²) >= 11 is 0. The Kier molecular flexibility index (Phi) is 6.46. The van der Waals surface area contributed by atoms with E-state index in [1.165, 1.54) is 25.1 Å². The number of para-hydroxylation sites is 2. The lowest BCUT2D eigenvalue weighted by atomic mass is 10.1. The maximum atomic E-state index is 13.6. The average Bonchev–Trinajstić information content (AvgIpc) is 3.10. The third kappa shape index (κ3) is 4.72. The summed E-state index contributed by atoms with van der Waals surface area (Å²) in [6.07, 6.45) is -1.04. The first-order valence-corrected chi connectivity index (χ1v) is 9.10. The van der Waals surface area contributed by atoms with Crippen molar-refractivity contribution in [3.63, 3.8) is 0 Å². The molecule has 0 saturated carbocycles. The molecule has 7 nitrogen and oxygen atoms in total. The minimum absolute atomic E-state index is 0.0441. The number of amides is 2. The fourth-order valence-corrected chi connectivity index (χ4v) is 2.69. The number of rotatable bonds is 7. The smallest absolute Gasteiger partial charge is 0.305 e. The van der Waals surface area contributed by atoms with E-state index in [2.05, 4.69) is 10.9 Å². The van der Waals surface area contributed by atoms with E-state index in [0.717, 1.165) is 5.39 Å². The molecular formula is C21H21FN2O5. The van der Waals surface area contributed by atoms with Crippen LogP contribution >= 0.6 is 0 Å². The predicted octanol–water partition coefficient (Wildman–Crippen LogP) is 3.34. The highest BCUT2D eigenvalue weighted by molar-refractivity contribution is 5.99. The molecule has 0 bridgehead atoms. The lowest BCUT2D eigenvalue weighted by Crippen LogP contribution is -2.47. The van der Waals surface area contributed by atoms with Gasteiger partial charge in [-0.25, -0.2) is 4.39 Å². The Morgan fingerprint density at radius 3 is 2.59 bits per heavy atom. The summed E-state index contributed by atoms with van der Waals surface area (Å²) in [5.74, 6) is -1.88. The second-order valence-corrected chi connectivity index (χ2v) is 6.18. The van der Waals surface area contributed by atoms with Crippen LogP contribution in [0.25, 0.3) is 11.0 Å². The first-order valence-electron chi connectivity index (χ1n) is 9.10. The fourth-order valence-electron chi connectivity index (χ4n) is 2.69. The van der Waals surface area contributed by atoms with Gasteiger partial charge in [-0.1, -0.05) is 30.3 Å². The number of halogens is 1. The number of ether oxygens (including phenoxy) is 2. The van der Waals surface area contributed by atoms with Crippen LogP contribution in [0.1, 0.15) is 30.0 Å². The zero-order valence-electron chi connectivity index (χ0n) is 16.0. The van der Waals surface area contributed by atoms with Gasteiger partial charge in [-0.15, -0.1) is 0 Å². The summed E-state index contributed by atoms with van der Waals surface area (Å²) < 4.78 is 30.0. The maximum absolute atomic E-state index is 13.6. The van der Waals surface area contributed by atoms with Crippen LogP contribution in [-0.2, 0) is 16.1 Å². The summed E-state index contributed by atoms with van der Waals surface area (Å²) in [5.41, 5.74) is 5.68. The highest BCUT2D eigenvalue weighted by atomic mass is 19.1. The Morgan fingerprint density at radius 1 is 1.10 bits per heavy atom. The number of fused-ring (bicyclic) bond motifs is 1. The van der Waals surface area contributed by atoms with Gasteiger partial charge < -0.3 is 13.9 Å². The molecule has 2 aromatic carbocycles. The molecule has 1 atom stereocenters. The van der Waals surface area contributed by atoms with E-state index in [9.17, 15) is 14.0 Å². The molecule has 2 N–H and O–H groups in total. The van der Waals surface area contributed by atoms with Crippen LogP contribution in [0.3, 0.4) is 0 Å². The number of carbonyl (C=O) groups excluding carboxylic acids is 2. The van der Waals surface area contributed by atoms with Gasteiger partial charge >= 0.3 is 5.91 Å². The van der Waals surface area contributed by atoms with Gasteiger partial charge in [0.05, 0.1) is 6.61 Å². The lowest BCUT2D eigenvalue weighted by Gasteiger charge is -2.15. The van der Waals surface area contributed by atoms with Gasteiger partial charge in [0, 0.05) is 17.6 Å². The van der Waals surface area contributed by atoms with E-state index < -0.39 is 23.7 Å². The number of carbonyl (C=O) groups is 2. The topological polar surface area (TPSA) is 89.8 Å². The van der Waals surface area contributed by atoms with Crippen molar-refractivity contribution in [2.24, 2.45) is 0 Å². The van der Waals surface area contributed by atoms with Crippen LogP contribution in [-0.4, -0.2) is 24.5 Å². The molecule has 3 aromatic rings. The van der Waals surface area contributed by atoms with Crippen LogP contribution < -0.4 is 15.6 Å². The predicted molar refractivity (Wildman–Crippen MR) is 104 cm³/mol. The Labute approximate surface area is 166 Å². The van der Waals surface area contributed by atoms with Crippen molar-refractivity contribution in [3.05, 3.63) is 65.7 Å². The average molecular weight is 400 g/mol. The minimum Gasteiger partial charge on any atom is -0.478 e. The molecule has 0 radical (unpaired) electrons. The van der Waals surface area contributed by atoms with Crippen molar-refractivity contribution < 1.29 is 27.9 Å². The van der Waals surface area contributed by atoms with Crippen LogP contribution in [0.5, 0.6) is 5.75 Å². The molecule has 152 valence electrons. The first kappa shape index (κ1) is 20.3. The molecule has 0 unspecified atom stereocenters. The molecule has 29 heavy (non-hydrogen) atoms. The molecule has 0 aliphatic rings. The normalized spacial score (nSPS) is 11.8. The lowest BCUT2D eigenvalue weighted by molar-refractivity contribution is -0.128. The van der Waals surface area contributed by atoms with E-state index >= 15 is 0 Å². The summed E-state index contributed by atoms with van der Waals surface area (Å²) in [5, 5.41) is 0.758. The molecule has 0 aliphatic heterocycles. The van der Waals surface area contributed by atoms with Gasteiger partial charge in [-0.05, 0) is 32.0 Å². The van der Waals surface area contributed by atoms with Crippen LogP contribution in [0.15, 0.2) is 52.9 Å². The van der Waals surface area contributed by atoms with Crippen molar-refractivity contribution >= 4 is 22.8 Å². The second-order valence-electron chi connectivity index (χ2n) is 6.18. The van der Waals surface area contributed by atoms with Crippen molar-refractivity contribution in [2.45, 2.75) is 26.6 Å². The van der Waals surface area contributed by atoms with Crippen LogP contribution in [0.2, 0.25) is 0 Å². The van der Waals surface area contributed by atoms with Crippen molar-refractivity contribution in [1.82, 2.24) is 10.9 Å². The first-order chi connectivity index (χ1) is 14.0. The molecule has 0 saturated heterocycles. The Balaban J connectivity index is 1.67. The van der Waals surface area contributed by atoms with Crippen LogP contribution in [0.4, 0.5) is 4.39 Å². The molecule has 1 aromatic heterocycles.